The minimum absolute atomic E-state index is 0.106. The van der Waals surface area contributed by atoms with Gasteiger partial charge in [0.25, 0.3) is 11.1 Å². The minimum Gasteiger partial charge on any atom is -0.493 e. The van der Waals surface area contributed by atoms with Gasteiger partial charge < -0.3 is 9.47 Å². The Morgan fingerprint density at radius 3 is 2.72 bits per heavy atom. The topological polar surface area (TPSA) is 55.8 Å². The largest absolute Gasteiger partial charge is 0.493 e. The maximum Gasteiger partial charge on any atom is 0.293 e. The lowest BCUT2D eigenvalue weighted by molar-refractivity contribution is -0.123. The summed E-state index contributed by atoms with van der Waals surface area (Å²) in [5, 5.41) is -0.313. The van der Waals surface area contributed by atoms with Gasteiger partial charge in [-0.05, 0) is 77.2 Å². The summed E-state index contributed by atoms with van der Waals surface area (Å²) < 4.78 is 25.8. The van der Waals surface area contributed by atoms with Crippen LogP contribution in [0.15, 0.2) is 35.2 Å². The van der Waals surface area contributed by atoms with Crippen molar-refractivity contribution in [3.05, 3.63) is 60.8 Å². The number of methoxy groups -OCH3 is 1. The van der Waals surface area contributed by atoms with E-state index in [0.29, 0.717) is 23.7 Å². The average molecular weight is 548 g/mol. The molecule has 1 heterocycles. The van der Waals surface area contributed by atoms with Crippen LogP contribution in [0.3, 0.4) is 0 Å². The predicted molar refractivity (Wildman–Crippen MR) is 120 cm³/mol. The van der Waals surface area contributed by atoms with E-state index in [2.05, 4.69) is 22.6 Å². The summed E-state index contributed by atoms with van der Waals surface area (Å²) in [6.45, 7) is 2.14. The molecule has 1 fully saturated rings. The molecule has 2 aromatic rings. The summed E-state index contributed by atoms with van der Waals surface area (Å²) in [4.78, 5) is 26.3. The fourth-order valence-corrected chi connectivity index (χ4v) is 4.58. The lowest BCUT2D eigenvalue weighted by Crippen LogP contribution is -2.28. The molecule has 1 aliphatic heterocycles. The smallest absolute Gasteiger partial charge is 0.293 e. The second-order valence-corrected chi connectivity index (χ2v) is 8.50. The summed E-state index contributed by atoms with van der Waals surface area (Å²) >= 11 is 8.94. The highest BCUT2D eigenvalue weighted by molar-refractivity contribution is 14.1. The Bertz CT molecular complexity index is 994. The number of hydrogen-bond acceptors (Lipinski definition) is 5. The fraction of sp³-hybridized carbons (Fsp3) is 0.200. The van der Waals surface area contributed by atoms with Crippen molar-refractivity contribution in [3.63, 3.8) is 0 Å². The second kappa shape index (κ2) is 9.36. The summed E-state index contributed by atoms with van der Waals surface area (Å²) in [5.41, 5.74) is 0.791. The van der Waals surface area contributed by atoms with Crippen molar-refractivity contribution in [2.45, 2.75) is 13.5 Å². The molecular weight excluding hydrogens is 532 g/mol. The molecular formula is C20H16ClFINO4S. The van der Waals surface area contributed by atoms with E-state index < -0.39 is 17.0 Å². The van der Waals surface area contributed by atoms with E-state index in [1.54, 1.807) is 12.1 Å². The molecule has 0 N–H and O–H groups in total. The highest BCUT2D eigenvalue weighted by Gasteiger charge is 2.36. The Kier molecular flexibility index (Phi) is 7.07. The van der Waals surface area contributed by atoms with E-state index in [9.17, 15) is 14.0 Å². The summed E-state index contributed by atoms with van der Waals surface area (Å²) in [5.74, 6) is 0.0888. The van der Waals surface area contributed by atoms with Gasteiger partial charge in [-0.15, -0.1) is 0 Å². The van der Waals surface area contributed by atoms with Crippen LogP contribution >= 0.6 is 46.0 Å². The number of rotatable bonds is 6. The molecule has 3 rings (SSSR count). The highest BCUT2D eigenvalue weighted by Crippen LogP contribution is 2.38. The fourth-order valence-electron chi connectivity index (χ4n) is 2.74. The van der Waals surface area contributed by atoms with Gasteiger partial charge in [-0.3, -0.25) is 14.5 Å². The molecule has 29 heavy (non-hydrogen) atoms. The second-order valence-electron chi connectivity index (χ2n) is 5.94. The first-order valence-electron chi connectivity index (χ1n) is 8.54. The third-order valence-corrected chi connectivity index (χ3v) is 6.15. The Morgan fingerprint density at radius 2 is 2.07 bits per heavy atom. The summed E-state index contributed by atoms with van der Waals surface area (Å²) in [6.07, 6.45) is 1.61. The Balaban J connectivity index is 1.89. The van der Waals surface area contributed by atoms with Gasteiger partial charge in [-0.2, -0.15) is 0 Å². The van der Waals surface area contributed by atoms with Crippen LogP contribution in [-0.2, 0) is 11.3 Å². The molecule has 2 aromatic carbocycles. The zero-order valence-electron chi connectivity index (χ0n) is 15.5. The quantitative estimate of drug-likeness (QED) is 0.342. The highest BCUT2D eigenvalue weighted by atomic mass is 127. The van der Waals surface area contributed by atoms with Crippen LogP contribution in [0.25, 0.3) is 6.08 Å². The Hall–Kier alpha value is -1.78. The molecule has 0 saturated carbocycles. The number of nitrogens with zero attached hydrogens (tertiary/aromatic N) is 1. The van der Waals surface area contributed by atoms with Gasteiger partial charge >= 0.3 is 0 Å². The molecule has 0 radical (unpaired) electrons. The number of hydrogen-bond donors (Lipinski definition) is 0. The number of imide groups is 1. The van der Waals surface area contributed by atoms with Gasteiger partial charge in [0.15, 0.2) is 11.5 Å². The number of carbonyl (C=O) groups is 2. The van der Waals surface area contributed by atoms with Crippen molar-refractivity contribution in [3.8, 4) is 11.5 Å². The molecule has 2 amide bonds. The minimum atomic E-state index is -0.564. The van der Waals surface area contributed by atoms with Gasteiger partial charge in [0.2, 0.25) is 0 Å². The van der Waals surface area contributed by atoms with Gasteiger partial charge in [-0.25, -0.2) is 4.39 Å². The first-order chi connectivity index (χ1) is 13.8. The van der Waals surface area contributed by atoms with Crippen LogP contribution in [0.2, 0.25) is 5.02 Å². The van der Waals surface area contributed by atoms with E-state index >= 15 is 0 Å². The van der Waals surface area contributed by atoms with Gasteiger partial charge in [-0.1, -0.05) is 17.7 Å². The predicted octanol–water partition coefficient (Wildman–Crippen LogP) is 5.73. The van der Waals surface area contributed by atoms with Gasteiger partial charge in [0.1, 0.15) is 5.82 Å². The van der Waals surface area contributed by atoms with Crippen LogP contribution in [0, 0.1) is 9.39 Å². The summed E-state index contributed by atoms with van der Waals surface area (Å²) in [6, 6.07) is 7.79. The number of thioether (sulfide) groups is 1. The van der Waals surface area contributed by atoms with E-state index in [4.69, 9.17) is 21.1 Å². The molecule has 1 saturated heterocycles. The van der Waals surface area contributed by atoms with Crippen LogP contribution in [0.5, 0.6) is 11.5 Å². The third kappa shape index (κ3) is 4.70. The third-order valence-electron chi connectivity index (χ3n) is 4.09. The molecule has 0 aromatic heterocycles. The number of halogens is 3. The molecule has 0 spiro atoms. The first kappa shape index (κ1) is 21.9. The molecule has 0 bridgehead atoms. The molecule has 5 nitrogen and oxygen atoms in total. The number of benzene rings is 2. The van der Waals surface area contributed by atoms with Crippen molar-refractivity contribution >= 4 is 63.2 Å². The zero-order valence-corrected chi connectivity index (χ0v) is 19.2. The maximum atomic E-state index is 14.0. The van der Waals surface area contributed by atoms with Crippen molar-refractivity contribution < 1.29 is 23.5 Å². The monoisotopic (exact) mass is 547 g/mol. The van der Waals surface area contributed by atoms with Crippen molar-refractivity contribution in [2.75, 3.05) is 13.7 Å². The van der Waals surface area contributed by atoms with E-state index in [1.807, 2.05) is 13.0 Å². The van der Waals surface area contributed by atoms with Crippen LogP contribution in [0.4, 0.5) is 9.18 Å². The molecule has 0 aliphatic carbocycles. The molecule has 1 aliphatic rings. The van der Waals surface area contributed by atoms with Crippen molar-refractivity contribution in [2.24, 2.45) is 0 Å². The van der Waals surface area contributed by atoms with E-state index in [1.165, 1.54) is 25.3 Å². The standard InChI is InChI=1S/C20H16ClFINO4S/c1-3-28-18-15(23)7-11(8-16(18)27-2)9-17-19(25)24(20(26)29-17)10-12-13(21)5-4-6-14(12)22/h4-9H,3,10H2,1-2H3/b17-9-. The van der Waals surface area contributed by atoms with Gasteiger partial charge in [0.05, 0.1) is 28.7 Å². The normalized spacial score (nSPS) is 15.3. The van der Waals surface area contributed by atoms with E-state index in [0.717, 1.165) is 20.2 Å². The molecule has 0 unspecified atom stereocenters. The zero-order chi connectivity index (χ0) is 21.1. The molecule has 9 heteroatoms. The molecule has 0 atom stereocenters. The summed E-state index contributed by atoms with van der Waals surface area (Å²) in [7, 11) is 1.53. The number of amides is 2. The van der Waals surface area contributed by atoms with Crippen LogP contribution in [-0.4, -0.2) is 29.8 Å². The number of ether oxygens (including phenoxy) is 2. The lowest BCUT2D eigenvalue weighted by atomic mass is 10.1. The van der Waals surface area contributed by atoms with Gasteiger partial charge in [0, 0.05) is 10.6 Å². The van der Waals surface area contributed by atoms with Crippen LogP contribution < -0.4 is 9.47 Å². The van der Waals surface area contributed by atoms with E-state index in [-0.39, 0.29) is 22.0 Å². The molecule has 152 valence electrons. The maximum absolute atomic E-state index is 14.0. The van der Waals surface area contributed by atoms with Crippen molar-refractivity contribution in [1.82, 2.24) is 4.90 Å². The lowest BCUT2D eigenvalue weighted by Gasteiger charge is -2.14. The SMILES string of the molecule is CCOc1c(I)cc(/C=C2\SC(=O)N(Cc3c(F)cccc3Cl)C2=O)cc1OC. The number of carbonyl (C=O) groups excluding carboxylic acids is 2. The van der Waals surface area contributed by atoms with Crippen molar-refractivity contribution in [1.29, 1.82) is 0 Å². The van der Waals surface area contributed by atoms with Crippen LogP contribution in [0.1, 0.15) is 18.1 Å². The first-order valence-corrected chi connectivity index (χ1v) is 10.8. The average Bonchev–Trinajstić information content (AvgIpc) is 2.93. The Morgan fingerprint density at radius 1 is 1.31 bits per heavy atom. The Labute approximate surface area is 190 Å².